The highest BCUT2D eigenvalue weighted by atomic mass is 35.5. The molecule has 0 unspecified atom stereocenters. The molecular formula is C19H13Cl2N3OS. The van der Waals surface area contributed by atoms with E-state index in [0.717, 1.165) is 26.4 Å². The third kappa shape index (κ3) is 3.39. The van der Waals surface area contributed by atoms with Gasteiger partial charge in [-0.15, -0.1) is 11.3 Å². The molecule has 7 heteroatoms. The number of thiophene rings is 1. The molecule has 0 amide bonds. The Balaban J connectivity index is 1.83. The summed E-state index contributed by atoms with van der Waals surface area (Å²) in [6, 6.07) is 12.8. The van der Waals surface area contributed by atoms with Crippen LogP contribution in [0.4, 0.5) is 0 Å². The van der Waals surface area contributed by atoms with E-state index in [1.807, 2.05) is 24.3 Å². The zero-order valence-electron chi connectivity index (χ0n) is 13.4. The second-order valence-electron chi connectivity index (χ2n) is 5.65. The molecule has 130 valence electrons. The molecule has 0 aliphatic carbocycles. The summed E-state index contributed by atoms with van der Waals surface area (Å²) in [5, 5.41) is 12.0. The van der Waals surface area contributed by atoms with E-state index < -0.39 is 6.10 Å². The minimum Gasteiger partial charge on any atom is -0.384 e. The normalized spacial score (nSPS) is 12.3. The number of aromatic amines is 1. The van der Waals surface area contributed by atoms with Gasteiger partial charge in [0.15, 0.2) is 0 Å². The smallest absolute Gasteiger partial charge is 0.147 e. The first-order valence-electron chi connectivity index (χ1n) is 7.81. The van der Waals surface area contributed by atoms with Gasteiger partial charge in [-0.25, -0.2) is 9.97 Å². The number of aliphatic hydroxyl groups excluding tert-OH is 1. The average molecular weight is 402 g/mol. The zero-order valence-corrected chi connectivity index (χ0v) is 15.7. The summed E-state index contributed by atoms with van der Waals surface area (Å²) in [5.74, 6) is 0.712. The molecule has 26 heavy (non-hydrogen) atoms. The quantitative estimate of drug-likeness (QED) is 0.438. The summed E-state index contributed by atoms with van der Waals surface area (Å²) >= 11 is 13.5. The highest BCUT2D eigenvalue weighted by Gasteiger charge is 2.21. The van der Waals surface area contributed by atoms with Crippen LogP contribution in [0.3, 0.4) is 0 Å². The van der Waals surface area contributed by atoms with E-state index in [2.05, 4.69) is 15.0 Å². The van der Waals surface area contributed by atoms with Crippen LogP contribution >= 0.6 is 34.5 Å². The Morgan fingerprint density at radius 1 is 1.00 bits per heavy atom. The van der Waals surface area contributed by atoms with Crippen molar-refractivity contribution in [2.45, 2.75) is 6.10 Å². The Morgan fingerprint density at radius 2 is 1.81 bits per heavy atom. The molecule has 0 bridgehead atoms. The molecule has 0 spiro atoms. The van der Waals surface area contributed by atoms with Crippen LogP contribution < -0.4 is 0 Å². The van der Waals surface area contributed by atoms with Crippen LogP contribution in [0.1, 0.15) is 17.2 Å². The van der Waals surface area contributed by atoms with Gasteiger partial charge in [0.2, 0.25) is 0 Å². The number of aromatic nitrogens is 3. The largest absolute Gasteiger partial charge is 0.384 e. The predicted octanol–water partition coefficient (Wildman–Crippen LogP) is 5.59. The van der Waals surface area contributed by atoms with Crippen molar-refractivity contribution in [3.05, 3.63) is 82.4 Å². The Bertz CT molecular complexity index is 1030. The van der Waals surface area contributed by atoms with E-state index in [9.17, 15) is 5.11 Å². The maximum absolute atomic E-state index is 11.0. The fourth-order valence-electron chi connectivity index (χ4n) is 2.71. The third-order valence-corrected chi connectivity index (χ3v) is 5.63. The molecule has 1 aromatic carbocycles. The first-order chi connectivity index (χ1) is 12.6. The number of hydrogen-bond donors (Lipinski definition) is 2. The summed E-state index contributed by atoms with van der Waals surface area (Å²) in [6.07, 6.45) is 4.32. The van der Waals surface area contributed by atoms with Gasteiger partial charge in [-0.1, -0.05) is 35.3 Å². The molecule has 4 aromatic rings. The molecule has 2 N–H and O–H groups in total. The molecule has 4 rings (SSSR count). The van der Waals surface area contributed by atoms with Crippen LogP contribution in [0.2, 0.25) is 10.2 Å². The molecule has 0 aliphatic heterocycles. The number of H-pyrrole nitrogens is 1. The van der Waals surface area contributed by atoms with Crippen LogP contribution in [0, 0.1) is 0 Å². The molecule has 0 radical (unpaired) electrons. The van der Waals surface area contributed by atoms with Crippen LogP contribution in [0.25, 0.3) is 21.1 Å². The van der Waals surface area contributed by atoms with Crippen molar-refractivity contribution in [2.24, 2.45) is 0 Å². The number of halogens is 2. The van der Waals surface area contributed by atoms with Crippen molar-refractivity contribution < 1.29 is 5.11 Å². The maximum atomic E-state index is 11.0. The van der Waals surface area contributed by atoms with Crippen LogP contribution in [0.15, 0.2) is 61.1 Å². The van der Waals surface area contributed by atoms with E-state index in [1.54, 1.807) is 36.8 Å². The van der Waals surface area contributed by atoms with Crippen molar-refractivity contribution in [1.29, 1.82) is 0 Å². The van der Waals surface area contributed by atoms with Crippen molar-refractivity contribution >= 4 is 34.5 Å². The maximum Gasteiger partial charge on any atom is 0.147 e. The lowest BCUT2D eigenvalue weighted by molar-refractivity contribution is 0.221. The Hall–Kier alpha value is -2.18. The number of pyridine rings is 1. The number of aliphatic hydroxyl groups is 1. The summed E-state index contributed by atoms with van der Waals surface area (Å²) in [4.78, 5) is 13.3. The highest BCUT2D eigenvalue weighted by Crippen LogP contribution is 2.41. The lowest BCUT2D eigenvalue weighted by Gasteiger charge is -2.11. The van der Waals surface area contributed by atoms with Crippen LogP contribution in [-0.4, -0.2) is 20.1 Å². The van der Waals surface area contributed by atoms with Crippen molar-refractivity contribution in [3.8, 4) is 21.1 Å². The lowest BCUT2D eigenvalue weighted by Crippen LogP contribution is -1.99. The van der Waals surface area contributed by atoms with E-state index in [1.165, 1.54) is 11.3 Å². The van der Waals surface area contributed by atoms with E-state index in [-0.39, 0.29) is 0 Å². The van der Waals surface area contributed by atoms with E-state index in [0.29, 0.717) is 16.0 Å². The van der Waals surface area contributed by atoms with Gasteiger partial charge in [0.1, 0.15) is 17.1 Å². The van der Waals surface area contributed by atoms with Crippen LogP contribution in [0.5, 0.6) is 0 Å². The van der Waals surface area contributed by atoms with Gasteiger partial charge in [0.05, 0.1) is 4.88 Å². The van der Waals surface area contributed by atoms with Gasteiger partial charge in [-0.2, -0.15) is 0 Å². The number of imidazole rings is 1. The van der Waals surface area contributed by atoms with Gasteiger partial charge >= 0.3 is 0 Å². The van der Waals surface area contributed by atoms with E-state index >= 15 is 0 Å². The van der Waals surface area contributed by atoms with Gasteiger partial charge in [0, 0.05) is 34.1 Å². The summed E-state index contributed by atoms with van der Waals surface area (Å²) in [5.41, 5.74) is 2.48. The molecule has 4 nitrogen and oxygen atoms in total. The summed E-state index contributed by atoms with van der Waals surface area (Å²) in [6.45, 7) is 0. The Labute approximate surface area is 164 Å². The minimum absolute atomic E-state index is 0.426. The standard InChI is InChI=1S/C19H13Cl2N3OS/c20-13-3-1-11(2-4-13)17(25)14-10-15(12-5-6-22-16(21)9-12)26-18(14)19-23-7-8-24-19/h1-10,17,25H,(H,23,24)/t17-/m0/s1. The van der Waals surface area contributed by atoms with Gasteiger partial charge < -0.3 is 10.1 Å². The van der Waals surface area contributed by atoms with Gasteiger partial charge in [-0.3, -0.25) is 0 Å². The first-order valence-corrected chi connectivity index (χ1v) is 9.38. The molecule has 0 aliphatic rings. The Morgan fingerprint density at radius 3 is 2.50 bits per heavy atom. The lowest BCUT2D eigenvalue weighted by atomic mass is 10.0. The van der Waals surface area contributed by atoms with E-state index in [4.69, 9.17) is 23.2 Å². The molecule has 0 saturated carbocycles. The van der Waals surface area contributed by atoms with Crippen molar-refractivity contribution in [3.63, 3.8) is 0 Å². The molecule has 0 fully saturated rings. The third-order valence-electron chi connectivity index (χ3n) is 3.97. The molecular weight excluding hydrogens is 389 g/mol. The van der Waals surface area contributed by atoms with Gasteiger partial charge in [0.25, 0.3) is 0 Å². The fourth-order valence-corrected chi connectivity index (χ4v) is 4.15. The number of nitrogens with one attached hydrogen (secondary N) is 1. The monoisotopic (exact) mass is 401 g/mol. The number of benzene rings is 1. The number of nitrogens with zero attached hydrogens (tertiary/aromatic N) is 2. The first kappa shape index (κ1) is 17.2. The number of hydrogen-bond acceptors (Lipinski definition) is 4. The number of rotatable bonds is 4. The topological polar surface area (TPSA) is 61.8 Å². The zero-order chi connectivity index (χ0) is 18.1. The van der Waals surface area contributed by atoms with Gasteiger partial charge in [-0.05, 0) is 41.5 Å². The Kier molecular flexibility index (Phi) is 4.78. The minimum atomic E-state index is -0.797. The molecule has 3 aromatic heterocycles. The highest BCUT2D eigenvalue weighted by molar-refractivity contribution is 7.19. The van der Waals surface area contributed by atoms with Crippen molar-refractivity contribution in [2.75, 3.05) is 0 Å². The average Bonchev–Trinajstić information content (AvgIpc) is 3.31. The SMILES string of the molecule is O[C@@H](c1ccc(Cl)cc1)c1cc(-c2ccnc(Cl)c2)sc1-c1ncc[nH]1. The van der Waals surface area contributed by atoms with Crippen LogP contribution in [-0.2, 0) is 0 Å². The summed E-state index contributed by atoms with van der Waals surface area (Å²) in [7, 11) is 0. The van der Waals surface area contributed by atoms with Crippen molar-refractivity contribution in [1.82, 2.24) is 15.0 Å². The summed E-state index contributed by atoms with van der Waals surface area (Å²) < 4.78 is 0. The second-order valence-corrected chi connectivity index (χ2v) is 7.53. The molecule has 0 saturated heterocycles. The predicted molar refractivity (Wildman–Crippen MR) is 106 cm³/mol. The second kappa shape index (κ2) is 7.21. The molecule has 1 atom stereocenters. The fraction of sp³-hybridized carbons (Fsp3) is 0.0526. The molecule has 3 heterocycles.